The molecule has 1 aromatic carbocycles. The van der Waals surface area contributed by atoms with Crippen molar-refractivity contribution in [2.24, 2.45) is 5.73 Å². The molecule has 3 fully saturated rings. The van der Waals surface area contributed by atoms with E-state index in [-0.39, 0.29) is 41.7 Å². The van der Waals surface area contributed by atoms with Crippen LogP contribution < -0.4 is 21.1 Å². The monoisotopic (exact) mass is 521 g/mol. The Morgan fingerprint density at radius 3 is 2.71 bits per heavy atom. The highest BCUT2D eigenvalue weighted by atomic mass is 19.1. The summed E-state index contributed by atoms with van der Waals surface area (Å²) in [6.07, 6.45) is 8.30. The third-order valence-electron chi connectivity index (χ3n) is 7.67. The molecule has 38 heavy (non-hydrogen) atoms. The van der Waals surface area contributed by atoms with Gasteiger partial charge in [0, 0.05) is 30.0 Å². The maximum absolute atomic E-state index is 14.1. The molecular formula is C26H28FN7O4. The summed E-state index contributed by atoms with van der Waals surface area (Å²) < 4.78 is 27.9. The van der Waals surface area contributed by atoms with Gasteiger partial charge >= 0.3 is 0 Å². The van der Waals surface area contributed by atoms with Gasteiger partial charge in [0.1, 0.15) is 5.75 Å². The number of rotatable bonds is 8. The van der Waals surface area contributed by atoms with Gasteiger partial charge < -0.3 is 25.8 Å². The van der Waals surface area contributed by atoms with Crippen LogP contribution in [0.3, 0.4) is 0 Å². The Hall–Kier alpha value is -4.06. The zero-order valence-corrected chi connectivity index (χ0v) is 20.9. The zero-order chi connectivity index (χ0) is 26.5. The lowest BCUT2D eigenvalue weighted by molar-refractivity contribution is -0.122. The van der Waals surface area contributed by atoms with E-state index in [2.05, 4.69) is 25.9 Å². The largest absolute Gasteiger partial charge is 0.494 e. The van der Waals surface area contributed by atoms with Gasteiger partial charge in [0.15, 0.2) is 17.2 Å². The van der Waals surface area contributed by atoms with Crippen LogP contribution in [0, 0.1) is 0 Å². The smallest absolute Gasteiger partial charge is 0.271 e. The van der Waals surface area contributed by atoms with Gasteiger partial charge in [0.25, 0.3) is 11.8 Å². The van der Waals surface area contributed by atoms with E-state index in [0.717, 1.165) is 43.4 Å². The highest BCUT2D eigenvalue weighted by Gasteiger charge is 2.52. The highest BCUT2D eigenvalue weighted by Crippen LogP contribution is 2.51. The van der Waals surface area contributed by atoms with E-state index in [9.17, 15) is 14.0 Å². The average molecular weight is 522 g/mol. The molecule has 1 spiro atoms. The van der Waals surface area contributed by atoms with E-state index in [1.165, 1.54) is 6.07 Å². The quantitative estimate of drug-likeness (QED) is 0.408. The normalized spacial score (nSPS) is 23.1. The molecule has 2 saturated carbocycles. The molecule has 6 rings (SSSR count). The molecule has 0 radical (unpaired) electrons. The van der Waals surface area contributed by atoms with Crippen LogP contribution in [0.15, 0.2) is 36.7 Å². The molecule has 2 aromatic heterocycles. The van der Waals surface area contributed by atoms with E-state index >= 15 is 0 Å². The molecule has 4 N–H and O–H groups in total. The predicted octanol–water partition coefficient (Wildman–Crippen LogP) is 3.52. The Balaban J connectivity index is 1.29. The lowest BCUT2D eigenvalue weighted by Gasteiger charge is -2.45. The number of hydrogen-bond acceptors (Lipinski definition) is 8. The van der Waals surface area contributed by atoms with Crippen molar-refractivity contribution in [3.05, 3.63) is 42.4 Å². The van der Waals surface area contributed by atoms with Crippen LogP contribution in [0.5, 0.6) is 5.75 Å². The number of primary amides is 1. The molecule has 11 nitrogen and oxygen atoms in total. The van der Waals surface area contributed by atoms with Crippen molar-refractivity contribution in [2.45, 2.75) is 55.8 Å². The van der Waals surface area contributed by atoms with Crippen molar-refractivity contribution in [1.82, 2.24) is 20.0 Å². The summed E-state index contributed by atoms with van der Waals surface area (Å²) in [5, 5.41) is 17.8. The molecule has 0 unspecified atom stereocenters. The van der Waals surface area contributed by atoms with Gasteiger partial charge in [-0.2, -0.15) is 5.10 Å². The lowest BCUT2D eigenvalue weighted by Crippen LogP contribution is -2.47. The number of para-hydroxylation sites is 1. The Morgan fingerprint density at radius 2 is 2.05 bits per heavy atom. The number of carbonyl (C=O) groups excluding carboxylic acids is 2. The highest BCUT2D eigenvalue weighted by molar-refractivity contribution is 6.01. The van der Waals surface area contributed by atoms with Crippen molar-refractivity contribution in [2.75, 3.05) is 24.4 Å². The Bertz CT molecular complexity index is 1410. The molecule has 1 saturated heterocycles. The molecule has 3 aromatic rings. The summed E-state index contributed by atoms with van der Waals surface area (Å²) in [6, 6.07) is 7.11. The van der Waals surface area contributed by atoms with Gasteiger partial charge in [-0.3, -0.25) is 14.3 Å². The van der Waals surface area contributed by atoms with E-state index in [1.807, 2.05) is 23.0 Å². The first-order valence-corrected chi connectivity index (χ1v) is 12.6. The number of nitrogens with zero attached hydrogens (tertiary/aromatic N) is 4. The summed E-state index contributed by atoms with van der Waals surface area (Å²) in [5.74, 6) is -1.11. The number of benzene rings is 1. The number of amides is 2. The summed E-state index contributed by atoms with van der Waals surface area (Å²) in [7, 11) is 1.55. The molecule has 198 valence electrons. The second kappa shape index (κ2) is 9.05. The molecular weight excluding hydrogens is 493 g/mol. The standard InChI is InChI=1S/C26H28FN7O4/c1-37-22-16(15-13-29-34(14-15)19-6-8-26(19)7-3-11-38-26)4-2-5-17(22)30-18-12-20(32-33-21(18)23(28)35)31-24(36)25(27)9-10-25/h2,4-5,12-14,19H,3,6-11H2,1H3,(H2,28,35)(H2,30,31,32,36)/t19-,26-/m1/s1. The Morgan fingerprint density at radius 1 is 1.21 bits per heavy atom. The van der Waals surface area contributed by atoms with Crippen LogP contribution in [0.2, 0.25) is 0 Å². The predicted molar refractivity (Wildman–Crippen MR) is 136 cm³/mol. The molecule has 3 heterocycles. The second-order valence-corrected chi connectivity index (χ2v) is 10.1. The lowest BCUT2D eigenvalue weighted by atomic mass is 9.73. The van der Waals surface area contributed by atoms with E-state index in [0.29, 0.717) is 11.4 Å². The maximum atomic E-state index is 14.1. The van der Waals surface area contributed by atoms with Crippen molar-refractivity contribution in [3.63, 3.8) is 0 Å². The summed E-state index contributed by atoms with van der Waals surface area (Å²) in [6.45, 7) is 0.795. The molecule has 12 heteroatoms. The topological polar surface area (TPSA) is 146 Å². The van der Waals surface area contributed by atoms with Gasteiger partial charge in [-0.15, -0.1) is 10.2 Å². The molecule has 2 atom stereocenters. The summed E-state index contributed by atoms with van der Waals surface area (Å²) in [4.78, 5) is 24.2. The first kappa shape index (κ1) is 24.3. The minimum Gasteiger partial charge on any atom is -0.494 e. The summed E-state index contributed by atoms with van der Waals surface area (Å²) in [5.41, 5.74) is 5.73. The Labute approximate surface area is 217 Å². The molecule has 1 aliphatic heterocycles. The molecule has 0 bridgehead atoms. The minimum absolute atomic E-state index is 0.00798. The summed E-state index contributed by atoms with van der Waals surface area (Å²) >= 11 is 0. The average Bonchev–Trinajstić information content (AvgIpc) is 3.27. The van der Waals surface area contributed by atoms with Gasteiger partial charge in [0.2, 0.25) is 0 Å². The van der Waals surface area contributed by atoms with Crippen molar-refractivity contribution in [3.8, 4) is 16.9 Å². The number of anilines is 3. The van der Waals surface area contributed by atoms with E-state index < -0.39 is 17.5 Å². The van der Waals surface area contributed by atoms with Crippen LogP contribution in [0.4, 0.5) is 21.6 Å². The van der Waals surface area contributed by atoms with Crippen molar-refractivity contribution in [1.29, 1.82) is 0 Å². The number of aromatic nitrogens is 4. The number of methoxy groups -OCH3 is 1. The number of ether oxygens (including phenoxy) is 2. The number of hydrogen-bond donors (Lipinski definition) is 3. The Kier molecular flexibility index (Phi) is 5.78. The van der Waals surface area contributed by atoms with Crippen molar-refractivity contribution < 1.29 is 23.5 Å². The van der Waals surface area contributed by atoms with Crippen molar-refractivity contribution >= 4 is 29.0 Å². The number of nitrogens with two attached hydrogens (primary N) is 1. The van der Waals surface area contributed by atoms with Crippen LogP contribution in [-0.2, 0) is 9.53 Å². The molecule has 2 amide bonds. The number of alkyl halides is 1. The second-order valence-electron chi connectivity index (χ2n) is 10.1. The minimum atomic E-state index is -1.89. The van der Waals surface area contributed by atoms with Crippen LogP contribution in [0.1, 0.15) is 55.1 Å². The third-order valence-corrected chi connectivity index (χ3v) is 7.67. The van der Waals surface area contributed by atoms with Gasteiger partial charge in [-0.05, 0) is 44.6 Å². The zero-order valence-electron chi connectivity index (χ0n) is 20.9. The van der Waals surface area contributed by atoms with Gasteiger partial charge in [-0.1, -0.05) is 12.1 Å². The molecule has 2 aliphatic carbocycles. The first-order chi connectivity index (χ1) is 18.3. The molecule has 3 aliphatic rings. The number of carbonyl (C=O) groups is 2. The SMILES string of the molecule is COc1c(Nc2cc(NC(=O)C3(F)CC3)nnc2C(N)=O)cccc1-c1cnn([C@@H]2CC[C@]23CCCO3)c1. The maximum Gasteiger partial charge on any atom is 0.271 e. The fraction of sp³-hybridized carbons (Fsp3) is 0.423. The number of nitrogens with one attached hydrogen (secondary N) is 2. The van der Waals surface area contributed by atoms with Gasteiger partial charge in [0.05, 0.1) is 36.3 Å². The van der Waals surface area contributed by atoms with Gasteiger partial charge in [-0.25, -0.2) is 4.39 Å². The first-order valence-electron chi connectivity index (χ1n) is 12.6. The number of halogens is 1. The van der Waals surface area contributed by atoms with E-state index in [1.54, 1.807) is 19.4 Å². The fourth-order valence-corrected chi connectivity index (χ4v) is 5.32. The fourth-order valence-electron chi connectivity index (χ4n) is 5.32. The van der Waals surface area contributed by atoms with Crippen LogP contribution in [-0.4, -0.2) is 56.8 Å². The third kappa shape index (κ3) is 4.14. The van der Waals surface area contributed by atoms with Crippen LogP contribution in [0.25, 0.3) is 11.1 Å². The van der Waals surface area contributed by atoms with Crippen LogP contribution >= 0.6 is 0 Å². The van der Waals surface area contributed by atoms with E-state index in [4.69, 9.17) is 15.2 Å².